The summed E-state index contributed by atoms with van der Waals surface area (Å²) >= 11 is 0. The zero-order valence-electron chi connectivity index (χ0n) is 25.3. The minimum atomic E-state index is -2.52. The standard InChI is InChI=1S/C33H42N4O5Si/c1-23-29(16-15-24-10-8-13-26(20-24)37-18-9-14-31(41-2)33(37)39)42-30(32(23)43(3,4)40)17-19-36-21-28(34-35-36)27(22-38)25-11-6-5-7-12-25/h5-14,18,20-21,23,27,29-30,32,38,40H,15-17,19,22H2,1-4H3/t23-,27?,29+,30-,32+/m1/s1. The molecule has 0 saturated carbocycles. The maximum absolute atomic E-state index is 12.7. The summed E-state index contributed by atoms with van der Waals surface area (Å²) in [5.41, 5.74) is 3.56. The fourth-order valence-electron chi connectivity index (χ4n) is 6.58. The van der Waals surface area contributed by atoms with Gasteiger partial charge in [-0.1, -0.05) is 54.6 Å². The maximum atomic E-state index is 12.7. The lowest BCUT2D eigenvalue weighted by Gasteiger charge is -2.30. The fraction of sp³-hybridized carbons (Fsp3) is 0.424. The molecule has 228 valence electrons. The largest absolute Gasteiger partial charge is 0.491 e. The molecule has 0 aliphatic carbocycles. The number of nitrogens with zero attached hydrogens (tertiary/aromatic N) is 4. The van der Waals surface area contributed by atoms with Crippen molar-refractivity contribution in [3.8, 4) is 11.4 Å². The minimum absolute atomic E-state index is 0.0141. The fourth-order valence-corrected chi connectivity index (χ4v) is 9.24. The first-order valence-electron chi connectivity index (χ1n) is 15.0. The lowest BCUT2D eigenvalue weighted by molar-refractivity contribution is 0.0245. The molecule has 0 radical (unpaired) electrons. The molecular weight excluding hydrogens is 560 g/mol. The van der Waals surface area contributed by atoms with E-state index in [2.05, 4.69) is 23.3 Å². The molecule has 10 heteroatoms. The minimum Gasteiger partial charge on any atom is -0.491 e. The second kappa shape index (κ2) is 13.4. The number of hydrogen-bond acceptors (Lipinski definition) is 7. The lowest BCUT2D eigenvalue weighted by Crippen LogP contribution is -2.40. The Labute approximate surface area is 253 Å². The summed E-state index contributed by atoms with van der Waals surface area (Å²) in [6.07, 6.45) is 5.92. The molecule has 4 aromatic rings. The Hall–Kier alpha value is -3.57. The van der Waals surface area contributed by atoms with Gasteiger partial charge in [0, 0.05) is 30.2 Å². The molecule has 2 aromatic carbocycles. The van der Waals surface area contributed by atoms with Gasteiger partial charge < -0.3 is 19.4 Å². The van der Waals surface area contributed by atoms with Gasteiger partial charge in [-0.3, -0.25) is 14.0 Å². The lowest BCUT2D eigenvalue weighted by atomic mass is 9.95. The van der Waals surface area contributed by atoms with Gasteiger partial charge in [0.15, 0.2) is 14.1 Å². The molecule has 2 aromatic heterocycles. The van der Waals surface area contributed by atoms with Gasteiger partial charge in [0.05, 0.1) is 37.5 Å². The Kier molecular flexibility index (Phi) is 9.61. The zero-order valence-corrected chi connectivity index (χ0v) is 26.3. The van der Waals surface area contributed by atoms with Crippen molar-refractivity contribution >= 4 is 8.32 Å². The predicted molar refractivity (Wildman–Crippen MR) is 168 cm³/mol. The van der Waals surface area contributed by atoms with Crippen LogP contribution in [0, 0.1) is 5.92 Å². The third-order valence-corrected chi connectivity index (χ3v) is 11.2. The summed E-state index contributed by atoms with van der Waals surface area (Å²) < 4.78 is 15.3. The van der Waals surface area contributed by atoms with Crippen molar-refractivity contribution in [2.75, 3.05) is 13.7 Å². The monoisotopic (exact) mass is 602 g/mol. The van der Waals surface area contributed by atoms with Crippen LogP contribution in [0.4, 0.5) is 0 Å². The van der Waals surface area contributed by atoms with E-state index in [9.17, 15) is 14.7 Å². The normalized spacial score (nSPS) is 21.2. The maximum Gasteiger partial charge on any atom is 0.297 e. The van der Waals surface area contributed by atoms with Gasteiger partial charge >= 0.3 is 0 Å². The van der Waals surface area contributed by atoms with E-state index in [0.717, 1.165) is 35.3 Å². The van der Waals surface area contributed by atoms with Crippen molar-refractivity contribution < 1.29 is 19.4 Å². The summed E-state index contributed by atoms with van der Waals surface area (Å²) in [7, 11) is -1.02. The molecule has 2 N–H and O–H groups in total. The van der Waals surface area contributed by atoms with Gasteiger partial charge in [-0.2, -0.15) is 0 Å². The van der Waals surface area contributed by atoms with Crippen molar-refractivity contribution in [1.29, 1.82) is 0 Å². The van der Waals surface area contributed by atoms with Crippen LogP contribution in [0.15, 0.2) is 83.9 Å². The number of ether oxygens (including phenoxy) is 2. The predicted octanol–water partition coefficient (Wildman–Crippen LogP) is 4.56. The van der Waals surface area contributed by atoms with Crippen LogP contribution in [-0.2, 0) is 17.7 Å². The number of aliphatic hydroxyl groups excluding tert-OH is 1. The number of aryl methyl sites for hydroxylation is 2. The average molecular weight is 603 g/mol. The second-order valence-electron chi connectivity index (χ2n) is 12.1. The Balaban J connectivity index is 1.25. The quantitative estimate of drug-likeness (QED) is 0.229. The number of aliphatic hydroxyl groups is 1. The highest BCUT2D eigenvalue weighted by atomic mass is 28.4. The average Bonchev–Trinajstić information content (AvgIpc) is 3.60. The number of aromatic nitrogens is 4. The highest BCUT2D eigenvalue weighted by Crippen LogP contribution is 2.45. The molecule has 0 bridgehead atoms. The number of pyridine rings is 1. The number of hydrogen-bond donors (Lipinski definition) is 2. The highest BCUT2D eigenvalue weighted by molar-refractivity contribution is 6.71. The van der Waals surface area contributed by atoms with Gasteiger partial charge in [-0.25, -0.2) is 0 Å². The summed E-state index contributed by atoms with van der Waals surface area (Å²) in [5, 5.41) is 18.7. The third-order valence-electron chi connectivity index (χ3n) is 8.70. The molecule has 9 nitrogen and oxygen atoms in total. The molecule has 5 atom stereocenters. The number of methoxy groups -OCH3 is 1. The van der Waals surface area contributed by atoms with E-state index in [4.69, 9.17) is 9.47 Å². The Morgan fingerprint density at radius 2 is 1.84 bits per heavy atom. The first-order chi connectivity index (χ1) is 20.7. The van der Waals surface area contributed by atoms with E-state index in [0.29, 0.717) is 18.7 Å². The molecule has 0 amide bonds. The number of rotatable bonds is 12. The van der Waals surface area contributed by atoms with E-state index in [1.807, 2.05) is 72.5 Å². The molecule has 1 aliphatic rings. The van der Waals surface area contributed by atoms with Crippen LogP contribution in [0.1, 0.15) is 42.5 Å². The van der Waals surface area contributed by atoms with Gasteiger partial charge in [0.2, 0.25) is 0 Å². The molecule has 3 heterocycles. The molecule has 1 saturated heterocycles. The van der Waals surface area contributed by atoms with E-state index >= 15 is 0 Å². The topological polar surface area (TPSA) is 112 Å². The van der Waals surface area contributed by atoms with Crippen LogP contribution in [0.25, 0.3) is 5.69 Å². The Bertz CT molecular complexity index is 1550. The second-order valence-corrected chi connectivity index (χ2v) is 16.0. The molecule has 1 aliphatic heterocycles. The van der Waals surface area contributed by atoms with Crippen molar-refractivity contribution in [2.45, 2.75) is 69.5 Å². The molecule has 43 heavy (non-hydrogen) atoms. The van der Waals surface area contributed by atoms with Gasteiger partial charge in [0.25, 0.3) is 5.56 Å². The van der Waals surface area contributed by atoms with Crippen molar-refractivity contribution in [3.05, 3.63) is 106 Å². The van der Waals surface area contributed by atoms with Gasteiger partial charge in [-0.15, -0.1) is 5.10 Å². The summed E-state index contributed by atoms with van der Waals surface area (Å²) in [6, 6.07) is 21.3. The molecule has 1 fully saturated rings. The van der Waals surface area contributed by atoms with E-state index in [1.165, 1.54) is 7.11 Å². The smallest absolute Gasteiger partial charge is 0.297 e. The van der Waals surface area contributed by atoms with E-state index < -0.39 is 8.32 Å². The van der Waals surface area contributed by atoms with Crippen molar-refractivity contribution in [3.63, 3.8) is 0 Å². The number of benzene rings is 2. The van der Waals surface area contributed by atoms with Crippen LogP contribution in [0.2, 0.25) is 18.6 Å². The highest BCUT2D eigenvalue weighted by Gasteiger charge is 2.49. The Morgan fingerprint density at radius 3 is 2.56 bits per heavy atom. The summed E-state index contributed by atoms with van der Waals surface area (Å²) in [4.78, 5) is 24.0. The summed E-state index contributed by atoms with van der Waals surface area (Å²) in [6.45, 7) is 6.77. The molecule has 5 rings (SSSR count). The van der Waals surface area contributed by atoms with E-state index in [1.54, 1.807) is 22.9 Å². The van der Waals surface area contributed by atoms with Crippen LogP contribution in [0.5, 0.6) is 5.75 Å². The molecular formula is C33H42N4O5Si. The van der Waals surface area contributed by atoms with E-state index in [-0.39, 0.29) is 41.8 Å². The first-order valence-corrected chi connectivity index (χ1v) is 18.0. The zero-order chi connectivity index (χ0) is 30.6. The molecule has 0 spiro atoms. The van der Waals surface area contributed by atoms with Crippen LogP contribution in [-0.4, -0.2) is 63.7 Å². The van der Waals surface area contributed by atoms with Crippen molar-refractivity contribution in [1.82, 2.24) is 19.6 Å². The Morgan fingerprint density at radius 1 is 1.05 bits per heavy atom. The summed E-state index contributed by atoms with van der Waals surface area (Å²) in [5.74, 6) is 0.296. The van der Waals surface area contributed by atoms with Crippen molar-refractivity contribution in [2.24, 2.45) is 5.92 Å². The molecule has 1 unspecified atom stereocenters. The van der Waals surface area contributed by atoms with Crippen LogP contribution < -0.4 is 10.3 Å². The van der Waals surface area contributed by atoms with Crippen LogP contribution >= 0.6 is 0 Å². The third kappa shape index (κ3) is 6.99. The van der Waals surface area contributed by atoms with Gasteiger partial charge in [0.1, 0.15) is 0 Å². The SMILES string of the molecule is COc1cccn(-c2cccc(CC[C@@H]3O[C@H](CCn4cc(C(CO)c5ccccc5)nn4)[C@@H]([Si](C)(C)O)[C@@H]3C)c2)c1=O. The van der Waals surface area contributed by atoms with Gasteiger partial charge in [-0.05, 0) is 73.7 Å². The first kappa shape index (κ1) is 30.9. The van der Waals surface area contributed by atoms with Crippen LogP contribution in [0.3, 0.4) is 0 Å².